The number of nitrogens with one attached hydrogen (secondary N) is 1. The number of rotatable bonds is 3. The summed E-state index contributed by atoms with van der Waals surface area (Å²) in [5.74, 6) is 1.46. The normalized spacial score (nSPS) is 19.2. The Balaban J connectivity index is 0.00000121. The summed E-state index contributed by atoms with van der Waals surface area (Å²) in [5, 5.41) is 13.1. The van der Waals surface area contributed by atoms with Crippen molar-refractivity contribution in [2.75, 3.05) is 51.2 Å². The first-order chi connectivity index (χ1) is 11.8. The quantitative estimate of drug-likeness (QED) is 0.809. The summed E-state index contributed by atoms with van der Waals surface area (Å²) in [6.45, 7) is 6.12. The molecule has 0 aliphatic carbocycles. The van der Waals surface area contributed by atoms with E-state index in [1.54, 1.807) is 0 Å². The molecule has 2 saturated heterocycles. The molecule has 4 rings (SSSR count). The summed E-state index contributed by atoms with van der Waals surface area (Å²) in [5.41, 5.74) is 3.00. The monoisotopic (exact) mass is 402 g/mol. The topological polar surface area (TPSA) is 69.5 Å². The third-order valence-corrected chi connectivity index (χ3v) is 5.34. The zero-order valence-corrected chi connectivity index (χ0v) is 16.7. The number of aromatic nitrogens is 3. The second-order valence-electron chi connectivity index (χ2n) is 6.91. The molecule has 0 aromatic carbocycles. The van der Waals surface area contributed by atoms with Gasteiger partial charge in [-0.3, -0.25) is 0 Å². The number of piperazine rings is 1. The number of anilines is 1. The van der Waals surface area contributed by atoms with Gasteiger partial charge in [0.15, 0.2) is 5.65 Å². The maximum absolute atomic E-state index is 9.66. The molecule has 0 saturated carbocycles. The van der Waals surface area contributed by atoms with Gasteiger partial charge < -0.3 is 24.8 Å². The van der Waals surface area contributed by atoms with Crippen LogP contribution in [0.1, 0.15) is 24.3 Å². The molecule has 0 amide bonds. The van der Waals surface area contributed by atoms with Crippen LogP contribution in [0.3, 0.4) is 0 Å². The minimum atomic E-state index is -0.0516. The van der Waals surface area contributed by atoms with Crippen LogP contribution in [0.2, 0.25) is 0 Å². The van der Waals surface area contributed by atoms with Crippen LogP contribution >= 0.6 is 24.8 Å². The van der Waals surface area contributed by atoms with Crippen LogP contribution in [0.25, 0.3) is 11.2 Å². The third-order valence-electron chi connectivity index (χ3n) is 5.34. The van der Waals surface area contributed by atoms with Crippen LogP contribution in [0.15, 0.2) is 12.4 Å². The molecule has 0 bridgehead atoms. The average molecular weight is 403 g/mol. The van der Waals surface area contributed by atoms with Gasteiger partial charge in [-0.05, 0) is 38.9 Å². The molecule has 9 heteroatoms. The molecule has 0 spiro atoms. The number of halogens is 2. The molecule has 146 valence electrons. The fraction of sp³-hybridized carbons (Fsp3) is 0.647. The second kappa shape index (κ2) is 9.19. The maximum atomic E-state index is 9.66. The van der Waals surface area contributed by atoms with E-state index >= 15 is 0 Å². The van der Waals surface area contributed by atoms with Crippen LogP contribution in [-0.4, -0.2) is 70.9 Å². The van der Waals surface area contributed by atoms with Crippen molar-refractivity contribution in [2.45, 2.75) is 25.5 Å². The van der Waals surface area contributed by atoms with Crippen molar-refractivity contribution >= 4 is 41.8 Å². The zero-order valence-electron chi connectivity index (χ0n) is 15.1. The number of aliphatic hydroxyl groups excluding tert-OH is 1. The van der Waals surface area contributed by atoms with E-state index in [-0.39, 0.29) is 31.5 Å². The molecule has 2 aliphatic heterocycles. The number of hydrogen-bond donors (Lipinski definition) is 2. The van der Waals surface area contributed by atoms with E-state index in [9.17, 15) is 5.11 Å². The van der Waals surface area contributed by atoms with Gasteiger partial charge in [0.1, 0.15) is 18.1 Å². The van der Waals surface area contributed by atoms with Crippen LogP contribution < -0.4 is 10.2 Å². The van der Waals surface area contributed by atoms with Gasteiger partial charge in [-0.25, -0.2) is 9.97 Å². The fourth-order valence-electron chi connectivity index (χ4n) is 3.79. The Morgan fingerprint density at radius 1 is 1.15 bits per heavy atom. The third kappa shape index (κ3) is 4.07. The Kier molecular flexibility index (Phi) is 7.49. The van der Waals surface area contributed by atoms with Crippen molar-refractivity contribution < 1.29 is 5.11 Å². The van der Waals surface area contributed by atoms with Gasteiger partial charge in [-0.2, -0.15) is 0 Å². The zero-order chi connectivity index (χ0) is 16.5. The highest BCUT2D eigenvalue weighted by atomic mass is 35.5. The lowest BCUT2D eigenvalue weighted by Crippen LogP contribution is -2.44. The fourth-order valence-corrected chi connectivity index (χ4v) is 3.79. The molecule has 2 aliphatic rings. The SMILES string of the molecule is CN1CCN(c2cnc3c(n2)c(C2CCNCC2)cn3CO)CC1.Cl.Cl. The first-order valence-corrected chi connectivity index (χ1v) is 8.87. The van der Waals surface area contributed by atoms with Crippen molar-refractivity contribution in [3.63, 3.8) is 0 Å². The smallest absolute Gasteiger partial charge is 0.161 e. The Labute approximate surface area is 166 Å². The van der Waals surface area contributed by atoms with Crippen molar-refractivity contribution in [2.24, 2.45) is 0 Å². The van der Waals surface area contributed by atoms with Crippen LogP contribution in [0, 0.1) is 0 Å². The van der Waals surface area contributed by atoms with E-state index in [1.807, 2.05) is 10.8 Å². The molecule has 0 unspecified atom stereocenters. The van der Waals surface area contributed by atoms with E-state index < -0.39 is 0 Å². The predicted molar refractivity (Wildman–Crippen MR) is 109 cm³/mol. The van der Waals surface area contributed by atoms with Crippen molar-refractivity contribution in [1.29, 1.82) is 0 Å². The van der Waals surface area contributed by atoms with Gasteiger partial charge in [-0.15, -0.1) is 24.8 Å². The molecular weight excluding hydrogens is 375 g/mol. The molecule has 2 N–H and O–H groups in total. The van der Waals surface area contributed by atoms with Crippen LogP contribution in [0.5, 0.6) is 0 Å². The molecule has 26 heavy (non-hydrogen) atoms. The molecule has 7 nitrogen and oxygen atoms in total. The van der Waals surface area contributed by atoms with E-state index in [2.05, 4.69) is 33.3 Å². The molecular formula is C17H28Cl2N6O. The number of hydrogen-bond acceptors (Lipinski definition) is 6. The molecule has 2 aromatic heterocycles. The summed E-state index contributed by atoms with van der Waals surface area (Å²) in [4.78, 5) is 14.2. The lowest BCUT2D eigenvalue weighted by Gasteiger charge is -2.33. The van der Waals surface area contributed by atoms with Crippen LogP contribution in [-0.2, 0) is 6.73 Å². The van der Waals surface area contributed by atoms with Gasteiger partial charge in [0.25, 0.3) is 0 Å². The van der Waals surface area contributed by atoms with Crippen molar-refractivity contribution in [3.8, 4) is 0 Å². The van der Waals surface area contributed by atoms with E-state index in [4.69, 9.17) is 4.98 Å². The molecule has 2 aromatic rings. The Hall–Kier alpha value is -1.12. The first-order valence-electron chi connectivity index (χ1n) is 8.87. The highest BCUT2D eigenvalue weighted by molar-refractivity contribution is 5.85. The Morgan fingerprint density at radius 3 is 2.50 bits per heavy atom. The number of aliphatic hydroxyl groups is 1. The summed E-state index contributed by atoms with van der Waals surface area (Å²) in [6.07, 6.45) is 6.14. The minimum absolute atomic E-state index is 0. The van der Waals surface area contributed by atoms with E-state index in [0.29, 0.717) is 5.92 Å². The number of nitrogens with zero attached hydrogens (tertiary/aromatic N) is 5. The van der Waals surface area contributed by atoms with Crippen molar-refractivity contribution in [3.05, 3.63) is 18.0 Å². The van der Waals surface area contributed by atoms with Gasteiger partial charge in [0.05, 0.1) is 6.20 Å². The predicted octanol–water partition coefficient (Wildman–Crippen LogP) is 1.44. The number of likely N-dealkylation sites (N-methyl/N-ethyl adjacent to an activating group) is 1. The first kappa shape index (κ1) is 21.2. The number of fused-ring (bicyclic) bond motifs is 1. The van der Waals surface area contributed by atoms with E-state index in [1.165, 1.54) is 5.56 Å². The van der Waals surface area contributed by atoms with Gasteiger partial charge >= 0.3 is 0 Å². The second-order valence-corrected chi connectivity index (χ2v) is 6.91. The summed E-state index contributed by atoms with van der Waals surface area (Å²) >= 11 is 0. The van der Waals surface area contributed by atoms with Crippen molar-refractivity contribution in [1.82, 2.24) is 24.8 Å². The average Bonchev–Trinajstić information content (AvgIpc) is 3.01. The van der Waals surface area contributed by atoms with Gasteiger partial charge in [0.2, 0.25) is 0 Å². The lowest BCUT2D eigenvalue weighted by molar-refractivity contribution is 0.214. The van der Waals surface area contributed by atoms with Gasteiger partial charge in [-0.1, -0.05) is 0 Å². The summed E-state index contributed by atoms with van der Waals surface area (Å²) < 4.78 is 1.81. The van der Waals surface area contributed by atoms with E-state index in [0.717, 1.165) is 69.1 Å². The highest BCUT2D eigenvalue weighted by Crippen LogP contribution is 2.32. The standard InChI is InChI=1S/C17H26N6O.2ClH/c1-21-6-8-22(9-7-21)15-10-19-17-16(20-15)14(11-23(17)12-24)13-2-4-18-5-3-13;;/h10-11,13,18,24H,2-9,12H2,1H3;2*1H. The largest absolute Gasteiger partial charge is 0.376 e. The lowest BCUT2D eigenvalue weighted by atomic mass is 9.91. The Morgan fingerprint density at radius 2 is 1.85 bits per heavy atom. The summed E-state index contributed by atoms with van der Waals surface area (Å²) in [7, 11) is 2.16. The number of piperidine rings is 1. The molecule has 4 heterocycles. The van der Waals surface area contributed by atoms with Gasteiger partial charge in [0, 0.05) is 37.9 Å². The summed E-state index contributed by atoms with van der Waals surface area (Å²) in [6, 6.07) is 0. The highest BCUT2D eigenvalue weighted by Gasteiger charge is 2.23. The minimum Gasteiger partial charge on any atom is -0.376 e. The Bertz CT molecular complexity index is 711. The van der Waals surface area contributed by atoms with Crippen LogP contribution in [0.4, 0.5) is 5.82 Å². The molecule has 0 atom stereocenters. The molecule has 2 fully saturated rings. The molecule has 0 radical (unpaired) electrons. The maximum Gasteiger partial charge on any atom is 0.161 e.